The van der Waals surface area contributed by atoms with Crippen LogP contribution in [0.15, 0.2) is 173 Å². The standard InChI is InChI=1S/C44H27NO2/c1-3-14-32-28(11-1)13-9-18-33(32)29-23-25-31(26-24-29)45(38-20-10-19-36-35-16-5-7-21-39(35)47-44(36)38)43-34-15-4-2-12-30(34)27-41-42(43)37-17-6-8-22-40(37)46-41/h1-27H. The molecule has 2 aromatic heterocycles. The van der Waals surface area contributed by atoms with Gasteiger partial charge in [0.2, 0.25) is 0 Å². The average molecular weight is 602 g/mol. The van der Waals surface area contributed by atoms with E-state index in [2.05, 4.69) is 144 Å². The third-order valence-corrected chi connectivity index (χ3v) is 9.44. The zero-order valence-corrected chi connectivity index (χ0v) is 25.4. The Balaban J connectivity index is 1.30. The number of benzene rings is 8. The normalized spacial score (nSPS) is 11.8. The molecular formula is C44H27NO2. The predicted octanol–water partition coefficient (Wildman–Crippen LogP) is 12.9. The lowest BCUT2D eigenvalue weighted by molar-refractivity contribution is 0.668. The molecule has 0 atom stereocenters. The van der Waals surface area contributed by atoms with Crippen LogP contribution in [0, 0.1) is 0 Å². The van der Waals surface area contributed by atoms with Gasteiger partial charge >= 0.3 is 0 Å². The quantitative estimate of drug-likeness (QED) is 0.201. The Kier molecular flexibility index (Phi) is 5.57. The van der Waals surface area contributed by atoms with E-state index in [1.54, 1.807) is 0 Å². The molecule has 0 unspecified atom stereocenters. The van der Waals surface area contributed by atoms with Gasteiger partial charge in [0.25, 0.3) is 0 Å². The topological polar surface area (TPSA) is 29.5 Å². The molecule has 10 rings (SSSR count). The summed E-state index contributed by atoms with van der Waals surface area (Å²) in [5.74, 6) is 0. The lowest BCUT2D eigenvalue weighted by Gasteiger charge is -2.28. The highest BCUT2D eigenvalue weighted by Crippen LogP contribution is 2.49. The fourth-order valence-corrected chi connectivity index (χ4v) is 7.32. The van der Waals surface area contributed by atoms with Gasteiger partial charge in [-0.15, -0.1) is 0 Å². The molecule has 0 aliphatic heterocycles. The van der Waals surface area contributed by atoms with Crippen molar-refractivity contribution in [2.75, 3.05) is 4.90 Å². The lowest BCUT2D eigenvalue weighted by atomic mass is 9.97. The van der Waals surface area contributed by atoms with Crippen molar-refractivity contribution in [3.8, 4) is 11.1 Å². The van der Waals surface area contributed by atoms with Crippen molar-refractivity contribution in [2.24, 2.45) is 0 Å². The first-order valence-electron chi connectivity index (χ1n) is 15.9. The van der Waals surface area contributed by atoms with Gasteiger partial charge in [-0.1, -0.05) is 127 Å². The molecule has 0 radical (unpaired) electrons. The van der Waals surface area contributed by atoms with Crippen LogP contribution in [0.1, 0.15) is 0 Å². The summed E-state index contributed by atoms with van der Waals surface area (Å²) in [7, 11) is 0. The summed E-state index contributed by atoms with van der Waals surface area (Å²) >= 11 is 0. The van der Waals surface area contributed by atoms with E-state index >= 15 is 0 Å². The van der Waals surface area contributed by atoms with Crippen LogP contribution < -0.4 is 4.90 Å². The number of rotatable bonds is 4. The Hall–Kier alpha value is -6.32. The number of para-hydroxylation sites is 3. The number of hydrogen-bond donors (Lipinski definition) is 0. The van der Waals surface area contributed by atoms with Crippen LogP contribution in [0.4, 0.5) is 17.1 Å². The maximum atomic E-state index is 6.68. The molecule has 0 aliphatic carbocycles. The number of fused-ring (bicyclic) bond motifs is 8. The summed E-state index contributed by atoms with van der Waals surface area (Å²) in [5.41, 5.74) is 8.90. The molecule has 0 spiro atoms. The molecule has 10 aromatic rings. The minimum atomic E-state index is 0.848. The summed E-state index contributed by atoms with van der Waals surface area (Å²) in [6.07, 6.45) is 0. The summed E-state index contributed by atoms with van der Waals surface area (Å²) in [6, 6.07) is 57.8. The Morgan fingerprint density at radius 2 is 1.02 bits per heavy atom. The Labute approximate surface area is 270 Å². The van der Waals surface area contributed by atoms with Gasteiger partial charge in [-0.2, -0.15) is 0 Å². The summed E-state index contributed by atoms with van der Waals surface area (Å²) in [4.78, 5) is 2.37. The Bertz CT molecular complexity index is 2800. The van der Waals surface area contributed by atoms with E-state index in [9.17, 15) is 0 Å². The van der Waals surface area contributed by atoms with Gasteiger partial charge in [-0.3, -0.25) is 0 Å². The molecule has 47 heavy (non-hydrogen) atoms. The van der Waals surface area contributed by atoms with E-state index < -0.39 is 0 Å². The third-order valence-electron chi connectivity index (χ3n) is 9.44. The van der Waals surface area contributed by atoms with E-state index in [0.29, 0.717) is 0 Å². The molecule has 8 aromatic carbocycles. The summed E-state index contributed by atoms with van der Waals surface area (Å²) < 4.78 is 13.2. The van der Waals surface area contributed by atoms with E-state index in [-0.39, 0.29) is 0 Å². The van der Waals surface area contributed by atoms with Gasteiger partial charge in [0.05, 0.1) is 16.8 Å². The van der Waals surface area contributed by atoms with E-state index in [1.165, 1.54) is 21.9 Å². The lowest BCUT2D eigenvalue weighted by Crippen LogP contribution is -2.11. The highest BCUT2D eigenvalue weighted by Gasteiger charge is 2.25. The molecule has 0 saturated heterocycles. The largest absolute Gasteiger partial charge is 0.456 e. The van der Waals surface area contributed by atoms with Crippen LogP contribution in [0.3, 0.4) is 0 Å². The van der Waals surface area contributed by atoms with Crippen molar-refractivity contribution < 1.29 is 8.83 Å². The Morgan fingerprint density at radius 1 is 0.404 bits per heavy atom. The van der Waals surface area contributed by atoms with Crippen LogP contribution in [0.2, 0.25) is 0 Å². The van der Waals surface area contributed by atoms with Crippen LogP contribution in [0.5, 0.6) is 0 Å². The molecule has 0 aliphatic rings. The Morgan fingerprint density at radius 3 is 1.85 bits per heavy atom. The summed E-state index contributed by atoms with van der Waals surface area (Å²) in [5, 5.41) is 9.07. The van der Waals surface area contributed by atoms with Crippen LogP contribution in [-0.4, -0.2) is 0 Å². The van der Waals surface area contributed by atoms with Crippen LogP contribution in [0.25, 0.3) is 76.5 Å². The molecule has 0 bridgehead atoms. The number of furan rings is 2. The van der Waals surface area contributed by atoms with Crippen LogP contribution in [-0.2, 0) is 0 Å². The second kappa shape index (κ2) is 10.1. The zero-order chi connectivity index (χ0) is 30.9. The van der Waals surface area contributed by atoms with Crippen molar-refractivity contribution in [3.63, 3.8) is 0 Å². The highest BCUT2D eigenvalue weighted by atomic mass is 16.3. The molecule has 3 heteroatoms. The minimum Gasteiger partial charge on any atom is -0.456 e. The van der Waals surface area contributed by atoms with E-state index in [1.807, 2.05) is 24.3 Å². The highest BCUT2D eigenvalue weighted by molar-refractivity contribution is 6.23. The predicted molar refractivity (Wildman–Crippen MR) is 196 cm³/mol. The first kappa shape index (κ1) is 26.0. The molecular weight excluding hydrogens is 574 g/mol. The maximum absolute atomic E-state index is 6.68. The molecule has 0 amide bonds. The third kappa shape index (κ3) is 3.93. The zero-order valence-electron chi connectivity index (χ0n) is 25.4. The SMILES string of the molecule is c1ccc2c(-c3ccc(N(c4cccc5c4oc4ccccc45)c4c5ccccc5cc5oc6ccccc6c45)cc3)cccc2c1. The minimum absolute atomic E-state index is 0.848. The molecule has 3 nitrogen and oxygen atoms in total. The van der Waals surface area contributed by atoms with Gasteiger partial charge in [0.15, 0.2) is 5.58 Å². The number of nitrogens with zero attached hydrogens (tertiary/aromatic N) is 1. The van der Waals surface area contributed by atoms with Gasteiger partial charge in [-0.25, -0.2) is 0 Å². The van der Waals surface area contributed by atoms with Gasteiger partial charge in [-0.05, 0) is 63.7 Å². The molecule has 0 N–H and O–H groups in total. The van der Waals surface area contributed by atoms with E-state index in [4.69, 9.17) is 8.83 Å². The molecule has 220 valence electrons. The average Bonchev–Trinajstić information content (AvgIpc) is 3.70. The monoisotopic (exact) mass is 601 g/mol. The molecule has 0 fully saturated rings. The first-order chi connectivity index (χ1) is 23.3. The maximum Gasteiger partial charge on any atom is 0.159 e. The van der Waals surface area contributed by atoms with Crippen molar-refractivity contribution in [3.05, 3.63) is 164 Å². The molecule has 0 saturated carbocycles. The van der Waals surface area contributed by atoms with Crippen molar-refractivity contribution >= 4 is 82.5 Å². The van der Waals surface area contributed by atoms with Crippen molar-refractivity contribution in [1.29, 1.82) is 0 Å². The second-order valence-corrected chi connectivity index (χ2v) is 12.1. The number of anilines is 3. The fraction of sp³-hybridized carbons (Fsp3) is 0. The number of hydrogen-bond acceptors (Lipinski definition) is 3. The van der Waals surface area contributed by atoms with Gasteiger partial charge < -0.3 is 13.7 Å². The van der Waals surface area contributed by atoms with Crippen molar-refractivity contribution in [1.82, 2.24) is 0 Å². The van der Waals surface area contributed by atoms with Gasteiger partial charge in [0.1, 0.15) is 16.7 Å². The second-order valence-electron chi connectivity index (χ2n) is 12.1. The van der Waals surface area contributed by atoms with E-state index in [0.717, 1.165) is 71.7 Å². The fourth-order valence-electron chi connectivity index (χ4n) is 7.32. The smallest absolute Gasteiger partial charge is 0.159 e. The summed E-state index contributed by atoms with van der Waals surface area (Å²) in [6.45, 7) is 0. The van der Waals surface area contributed by atoms with Crippen LogP contribution >= 0.6 is 0 Å². The first-order valence-corrected chi connectivity index (χ1v) is 15.9. The van der Waals surface area contributed by atoms with Gasteiger partial charge in [0, 0.05) is 27.2 Å². The molecule has 2 heterocycles. The van der Waals surface area contributed by atoms with Crippen molar-refractivity contribution in [2.45, 2.75) is 0 Å².